The Morgan fingerprint density at radius 2 is 1.62 bits per heavy atom. The number of amides is 1. The Hall–Kier alpha value is -3.46. The Labute approximate surface area is 214 Å². The van der Waals surface area contributed by atoms with Crippen molar-refractivity contribution in [3.63, 3.8) is 0 Å². The van der Waals surface area contributed by atoms with Gasteiger partial charge in [0.05, 0.1) is 6.04 Å². The molecule has 2 N–H and O–H groups in total. The molecule has 2 aliphatic rings. The largest absolute Gasteiger partial charge is 0.490 e. The summed E-state index contributed by atoms with van der Waals surface area (Å²) in [5.74, 6) is -2.37. The second-order valence-corrected chi connectivity index (χ2v) is 9.23. The number of allylic oxidation sites excluding steroid dienone is 1. The average Bonchev–Trinajstić information content (AvgIpc) is 3.56. The zero-order valence-electron chi connectivity index (χ0n) is 20.4. The minimum Gasteiger partial charge on any atom is -0.475 e. The highest BCUT2D eigenvalue weighted by Crippen LogP contribution is 2.23. The summed E-state index contributed by atoms with van der Waals surface area (Å²) < 4.78 is 31.7. The van der Waals surface area contributed by atoms with Crippen LogP contribution in [0.3, 0.4) is 0 Å². The number of Topliss-reactive ketones (excluding diaryl/α,β-unsaturated/α-hetero) is 1. The van der Waals surface area contributed by atoms with Gasteiger partial charge in [-0.25, -0.2) is 4.79 Å². The fourth-order valence-corrected chi connectivity index (χ4v) is 4.44. The molecule has 2 aromatic rings. The number of carboxylic acids is 1. The molecule has 6 nitrogen and oxygen atoms in total. The first-order valence-corrected chi connectivity index (χ1v) is 12.3. The van der Waals surface area contributed by atoms with Crippen molar-refractivity contribution in [2.24, 2.45) is 5.92 Å². The average molecular weight is 517 g/mol. The third kappa shape index (κ3) is 8.86. The number of rotatable bonds is 8. The highest BCUT2D eigenvalue weighted by molar-refractivity contribution is 5.88. The maximum Gasteiger partial charge on any atom is 0.490 e. The number of ketones is 1. The van der Waals surface area contributed by atoms with Crippen LogP contribution in [0, 0.1) is 5.92 Å². The van der Waals surface area contributed by atoms with Crippen molar-refractivity contribution in [3.8, 4) is 0 Å². The lowest BCUT2D eigenvalue weighted by atomic mass is 9.91. The molecule has 0 unspecified atom stereocenters. The molecular weight excluding hydrogens is 485 g/mol. The van der Waals surface area contributed by atoms with Crippen molar-refractivity contribution in [2.75, 3.05) is 6.54 Å². The van der Waals surface area contributed by atoms with Crippen LogP contribution >= 0.6 is 0 Å². The van der Waals surface area contributed by atoms with Crippen LogP contribution in [0.25, 0.3) is 0 Å². The first-order chi connectivity index (χ1) is 17.6. The van der Waals surface area contributed by atoms with Gasteiger partial charge in [-0.05, 0) is 60.9 Å². The molecule has 0 spiro atoms. The van der Waals surface area contributed by atoms with E-state index in [0.717, 1.165) is 32.2 Å². The van der Waals surface area contributed by atoms with Gasteiger partial charge < -0.3 is 15.3 Å². The maximum atomic E-state index is 12.8. The van der Waals surface area contributed by atoms with Gasteiger partial charge in [-0.2, -0.15) is 13.2 Å². The maximum absolute atomic E-state index is 12.8. The van der Waals surface area contributed by atoms with Crippen LogP contribution in [-0.4, -0.2) is 46.4 Å². The van der Waals surface area contributed by atoms with Gasteiger partial charge in [0.25, 0.3) is 0 Å². The molecule has 1 saturated heterocycles. The molecule has 0 aliphatic carbocycles. The number of halogens is 3. The third-order valence-corrected chi connectivity index (χ3v) is 6.46. The van der Waals surface area contributed by atoms with Crippen molar-refractivity contribution >= 4 is 17.7 Å². The number of carbonyl (C=O) groups excluding carboxylic acids is 2. The monoisotopic (exact) mass is 516 g/mol. The molecular formula is C28H31F3N2O4. The minimum absolute atomic E-state index is 0.0126. The lowest BCUT2D eigenvalue weighted by Crippen LogP contribution is -2.32. The summed E-state index contributed by atoms with van der Waals surface area (Å²) in [6, 6.07) is 18.5. The Balaban J connectivity index is 0.000000479. The lowest BCUT2D eigenvalue weighted by molar-refractivity contribution is -0.192. The number of alkyl halides is 3. The molecule has 2 heterocycles. The van der Waals surface area contributed by atoms with E-state index in [0.29, 0.717) is 19.5 Å². The van der Waals surface area contributed by atoms with Gasteiger partial charge in [-0.1, -0.05) is 60.7 Å². The van der Waals surface area contributed by atoms with Crippen LogP contribution in [0.2, 0.25) is 0 Å². The number of carbonyl (C=O) groups is 3. The Morgan fingerprint density at radius 3 is 2.16 bits per heavy atom. The Kier molecular flexibility index (Phi) is 10.0. The van der Waals surface area contributed by atoms with E-state index in [1.54, 1.807) is 6.08 Å². The van der Waals surface area contributed by atoms with E-state index in [-0.39, 0.29) is 23.7 Å². The molecule has 2 aromatic carbocycles. The summed E-state index contributed by atoms with van der Waals surface area (Å²) in [5, 5.41) is 10.4. The zero-order chi connectivity index (χ0) is 26.8. The summed E-state index contributed by atoms with van der Waals surface area (Å²) >= 11 is 0. The fourth-order valence-electron chi connectivity index (χ4n) is 4.44. The van der Waals surface area contributed by atoms with Crippen molar-refractivity contribution < 1.29 is 32.7 Å². The van der Waals surface area contributed by atoms with Gasteiger partial charge >= 0.3 is 12.1 Å². The number of nitrogens with one attached hydrogen (secondary N) is 1. The smallest absolute Gasteiger partial charge is 0.475 e. The fraction of sp³-hybridized carbons (Fsp3) is 0.393. The van der Waals surface area contributed by atoms with E-state index in [1.165, 1.54) is 16.7 Å². The van der Waals surface area contributed by atoms with Gasteiger partial charge in [0.2, 0.25) is 5.91 Å². The first-order valence-electron chi connectivity index (χ1n) is 12.3. The number of fused-ring (bicyclic) bond motifs is 1. The predicted octanol–water partition coefficient (Wildman–Crippen LogP) is 4.68. The number of hydrogen-bond acceptors (Lipinski definition) is 4. The SMILES string of the molecule is O=C(C[C@H](/C=C/C(=O)N1Cc2ccccc2C1)CCc1ccccc1)[C@@H]1CCCN1.O=C(O)C(F)(F)F. The van der Waals surface area contributed by atoms with E-state index < -0.39 is 12.1 Å². The Morgan fingerprint density at radius 1 is 1.03 bits per heavy atom. The van der Waals surface area contributed by atoms with E-state index in [1.807, 2.05) is 41.3 Å². The van der Waals surface area contributed by atoms with Crippen LogP contribution in [0.1, 0.15) is 42.4 Å². The van der Waals surface area contributed by atoms with E-state index >= 15 is 0 Å². The molecule has 0 radical (unpaired) electrons. The lowest BCUT2D eigenvalue weighted by Gasteiger charge is -2.17. The summed E-state index contributed by atoms with van der Waals surface area (Å²) in [6.45, 7) is 2.26. The second kappa shape index (κ2) is 13.2. The topological polar surface area (TPSA) is 86.7 Å². The van der Waals surface area contributed by atoms with Gasteiger partial charge in [-0.3, -0.25) is 9.59 Å². The molecule has 4 rings (SSSR count). The highest BCUT2D eigenvalue weighted by atomic mass is 19.4. The van der Waals surface area contributed by atoms with Gasteiger partial charge in [0.1, 0.15) is 5.78 Å². The first kappa shape index (κ1) is 28.1. The standard InChI is InChI=1S/C26H30N2O2.C2HF3O2/c29-25(24-11-6-16-27-24)17-21(13-12-20-7-2-1-3-8-20)14-15-26(30)28-18-22-9-4-5-10-23(22)19-28;3-2(4,5)1(6)7/h1-5,7-10,14-15,21,24,27H,6,11-13,16-19H2;(H,6,7)/b15-14+;/t21-,24-;/m0./s1. The zero-order valence-corrected chi connectivity index (χ0v) is 20.4. The van der Waals surface area contributed by atoms with Crippen molar-refractivity contribution in [2.45, 2.75) is 57.4 Å². The molecule has 9 heteroatoms. The summed E-state index contributed by atoms with van der Waals surface area (Å²) in [4.78, 5) is 36.3. The summed E-state index contributed by atoms with van der Waals surface area (Å²) in [5.41, 5.74) is 3.72. The molecule has 0 bridgehead atoms. The molecule has 198 valence electrons. The van der Waals surface area contributed by atoms with Crippen LogP contribution in [-0.2, 0) is 33.9 Å². The number of aliphatic carboxylic acids is 1. The number of benzene rings is 2. The minimum atomic E-state index is -5.08. The van der Waals surface area contributed by atoms with Gasteiger partial charge in [0, 0.05) is 19.5 Å². The van der Waals surface area contributed by atoms with E-state index in [4.69, 9.17) is 9.90 Å². The van der Waals surface area contributed by atoms with Crippen LogP contribution in [0.15, 0.2) is 66.7 Å². The number of nitrogens with zero attached hydrogens (tertiary/aromatic N) is 1. The van der Waals surface area contributed by atoms with Gasteiger partial charge in [0.15, 0.2) is 0 Å². The summed E-state index contributed by atoms with van der Waals surface area (Å²) in [7, 11) is 0. The van der Waals surface area contributed by atoms with E-state index in [2.05, 4.69) is 29.6 Å². The van der Waals surface area contributed by atoms with E-state index in [9.17, 15) is 22.8 Å². The Bertz CT molecular complexity index is 1070. The number of hydrogen-bond donors (Lipinski definition) is 2. The van der Waals surface area contributed by atoms with Crippen molar-refractivity contribution in [1.29, 1.82) is 0 Å². The third-order valence-electron chi connectivity index (χ3n) is 6.46. The molecule has 2 atom stereocenters. The molecule has 1 fully saturated rings. The molecule has 37 heavy (non-hydrogen) atoms. The van der Waals surface area contributed by atoms with Crippen LogP contribution in [0.5, 0.6) is 0 Å². The normalized spacial score (nSPS) is 17.7. The van der Waals surface area contributed by atoms with Crippen molar-refractivity contribution in [3.05, 3.63) is 83.4 Å². The number of aryl methyl sites for hydroxylation is 1. The van der Waals surface area contributed by atoms with Gasteiger partial charge in [-0.15, -0.1) is 0 Å². The summed E-state index contributed by atoms with van der Waals surface area (Å²) in [6.07, 6.45) is 2.84. The quantitative estimate of drug-likeness (QED) is 0.498. The number of carboxylic acid groups (broad SMARTS) is 1. The molecule has 0 saturated carbocycles. The molecule has 0 aromatic heterocycles. The van der Waals surface area contributed by atoms with Crippen LogP contribution in [0.4, 0.5) is 13.2 Å². The predicted molar refractivity (Wildman–Crippen MR) is 132 cm³/mol. The van der Waals surface area contributed by atoms with Crippen LogP contribution < -0.4 is 5.32 Å². The van der Waals surface area contributed by atoms with Crippen molar-refractivity contribution in [1.82, 2.24) is 10.2 Å². The molecule has 1 amide bonds. The highest BCUT2D eigenvalue weighted by Gasteiger charge is 2.38. The second-order valence-electron chi connectivity index (χ2n) is 9.23. The molecule has 2 aliphatic heterocycles.